The molecular formula is C19H16F3N5O2. The number of hydrogen-bond donors (Lipinski definition) is 1. The summed E-state index contributed by atoms with van der Waals surface area (Å²) in [5, 5.41) is 10.5. The number of nitrogens with one attached hydrogen (secondary N) is 1. The summed E-state index contributed by atoms with van der Waals surface area (Å²) in [5.74, 6) is -1.05. The van der Waals surface area contributed by atoms with E-state index < -0.39 is 17.7 Å². The molecule has 1 atom stereocenters. The lowest BCUT2D eigenvalue weighted by atomic mass is 10.1. The molecule has 1 aromatic carbocycles. The molecule has 1 aliphatic rings. The largest absolute Gasteiger partial charge is 0.416 e. The van der Waals surface area contributed by atoms with Gasteiger partial charge in [-0.2, -0.15) is 13.2 Å². The third-order valence-electron chi connectivity index (χ3n) is 4.76. The zero-order valence-corrected chi connectivity index (χ0v) is 15.1. The van der Waals surface area contributed by atoms with Gasteiger partial charge < -0.3 is 4.90 Å². The summed E-state index contributed by atoms with van der Waals surface area (Å²) in [6.45, 7) is 0.137. The summed E-state index contributed by atoms with van der Waals surface area (Å²) in [5.41, 5.74) is 0.156. The van der Waals surface area contributed by atoms with E-state index in [1.165, 1.54) is 17.0 Å². The van der Waals surface area contributed by atoms with Crippen LogP contribution in [0.5, 0.6) is 0 Å². The number of fused-ring (bicyclic) bond motifs is 1. The van der Waals surface area contributed by atoms with Crippen LogP contribution in [-0.4, -0.2) is 37.9 Å². The Bertz CT molecular complexity index is 1080. The van der Waals surface area contributed by atoms with E-state index in [0.29, 0.717) is 11.2 Å². The first-order chi connectivity index (χ1) is 13.8. The number of nitrogens with zero attached hydrogens (tertiary/aromatic N) is 4. The molecule has 1 fully saturated rings. The summed E-state index contributed by atoms with van der Waals surface area (Å²) >= 11 is 0. The smallest absolute Gasteiger partial charge is 0.338 e. The second-order valence-electron chi connectivity index (χ2n) is 6.82. The number of rotatable bonds is 4. The van der Waals surface area contributed by atoms with Gasteiger partial charge in [-0.05, 0) is 29.8 Å². The van der Waals surface area contributed by atoms with Crippen LogP contribution >= 0.6 is 0 Å². The van der Waals surface area contributed by atoms with Gasteiger partial charge in [-0.1, -0.05) is 18.2 Å². The Morgan fingerprint density at radius 1 is 1.17 bits per heavy atom. The molecule has 1 N–H and O–H groups in total. The summed E-state index contributed by atoms with van der Waals surface area (Å²) in [4.78, 5) is 26.2. The zero-order chi connectivity index (χ0) is 20.6. The molecule has 3 heterocycles. The van der Waals surface area contributed by atoms with Crippen molar-refractivity contribution in [3.8, 4) is 0 Å². The molecule has 1 unspecified atom stereocenters. The van der Waals surface area contributed by atoms with E-state index >= 15 is 0 Å². The molecule has 0 radical (unpaired) electrons. The van der Waals surface area contributed by atoms with Crippen molar-refractivity contribution >= 4 is 23.4 Å². The van der Waals surface area contributed by atoms with Crippen LogP contribution in [0, 0.1) is 5.92 Å². The molecular weight excluding hydrogens is 387 g/mol. The van der Waals surface area contributed by atoms with E-state index in [4.69, 9.17) is 0 Å². The molecule has 4 rings (SSSR count). The van der Waals surface area contributed by atoms with Gasteiger partial charge in [-0.15, -0.1) is 10.2 Å². The van der Waals surface area contributed by atoms with Crippen LogP contribution in [0.25, 0.3) is 5.65 Å². The minimum absolute atomic E-state index is 0.0124. The van der Waals surface area contributed by atoms with E-state index in [1.807, 2.05) is 0 Å². The monoisotopic (exact) mass is 403 g/mol. The van der Waals surface area contributed by atoms with Crippen LogP contribution in [0.2, 0.25) is 0 Å². The van der Waals surface area contributed by atoms with Crippen LogP contribution in [0.4, 0.5) is 19.1 Å². The van der Waals surface area contributed by atoms with Gasteiger partial charge in [-0.25, -0.2) is 0 Å². The first-order valence-electron chi connectivity index (χ1n) is 8.86. The maximum Gasteiger partial charge on any atom is 0.416 e. The average Bonchev–Trinajstić information content (AvgIpc) is 3.25. The number of hydrogen-bond acceptors (Lipinski definition) is 4. The number of carbonyl (C=O) groups excluding carboxylic acids is 2. The zero-order valence-electron chi connectivity index (χ0n) is 15.1. The van der Waals surface area contributed by atoms with Gasteiger partial charge >= 0.3 is 6.18 Å². The minimum atomic E-state index is -4.45. The first kappa shape index (κ1) is 18.9. The van der Waals surface area contributed by atoms with Crippen LogP contribution in [0.15, 0.2) is 48.7 Å². The molecule has 10 heteroatoms. The van der Waals surface area contributed by atoms with Gasteiger partial charge in [0.2, 0.25) is 17.8 Å². The van der Waals surface area contributed by atoms with Crippen molar-refractivity contribution in [2.45, 2.75) is 19.1 Å². The third kappa shape index (κ3) is 3.91. The molecule has 2 amide bonds. The van der Waals surface area contributed by atoms with Gasteiger partial charge in [0.15, 0.2) is 5.65 Å². The molecule has 3 aromatic rings. The number of likely N-dealkylation sites (tertiary alicyclic amines) is 1. The molecule has 29 heavy (non-hydrogen) atoms. The van der Waals surface area contributed by atoms with Gasteiger partial charge in [-0.3, -0.25) is 19.3 Å². The number of anilines is 1. The molecule has 0 aliphatic carbocycles. The van der Waals surface area contributed by atoms with E-state index in [9.17, 15) is 22.8 Å². The van der Waals surface area contributed by atoms with Gasteiger partial charge in [0.25, 0.3) is 0 Å². The third-order valence-corrected chi connectivity index (χ3v) is 4.76. The van der Waals surface area contributed by atoms with Crippen LogP contribution in [0.3, 0.4) is 0 Å². The Hall–Kier alpha value is -3.43. The Balaban J connectivity index is 1.43. The average molecular weight is 403 g/mol. The number of alkyl halides is 3. The molecule has 2 aromatic heterocycles. The predicted molar refractivity (Wildman–Crippen MR) is 96.6 cm³/mol. The van der Waals surface area contributed by atoms with Gasteiger partial charge in [0.05, 0.1) is 11.5 Å². The number of amides is 2. The van der Waals surface area contributed by atoms with Gasteiger partial charge in [0.1, 0.15) is 0 Å². The standard InChI is InChI=1S/C19H16F3N5O2/c20-19(21,22)14-5-3-4-12(8-14)10-26-11-13(9-16(26)28)17(29)23-18-25-24-15-6-1-2-7-27(15)18/h1-8,13H,9-11H2,(H,23,25,29). The van der Waals surface area contributed by atoms with E-state index in [0.717, 1.165) is 12.1 Å². The summed E-state index contributed by atoms with van der Waals surface area (Å²) in [6, 6.07) is 10.1. The SMILES string of the molecule is O=C(Nc1nnc2ccccn12)C1CC(=O)N(Cc2cccc(C(F)(F)F)c2)C1. The maximum absolute atomic E-state index is 12.9. The predicted octanol–water partition coefficient (Wildman–Crippen LogP) is 2.74. The minimum Gasteiger partial charge on any atom is -0.338 e. The quantitative estimate of drug-likeness (QED) is 0.727. The van der Waals surface area contributed by atoms with E-state index in [-0.39, 0.29) is 37.3 Å². The summed E-state index contributed by atoms with van der Waals surface area (Å²) < 4.78 is 40.2. The van der Waals surface area contributed by atoms with Crippen molar-refractivity contribution in [3.05, 3.63) is 59.8 Å². The number of aromatic nitrogens is 3. The molecule has 0 saturated carbocycles. The lowest BCUT2D eigenvalue weighted by Crippen LogP contribution is -2.28. The van der Waals surface area contributed by atoms with Crippen LogP contribution in [-0.2, 0) is 22.3 Å². The highest BCUT2D eigenvalue weighted by Crippen LogP contribution is 2.30. The van der Waals surface area contributed by atoms with Crippen molar-refractivity contribution in [1.82, 2.24) is 19.5 Å². The molecule has 0 bridgehead atoms. The first-order valence-corrected chi connectivity index (χ1v) is 8.86. The fourth-order valence-corrected chi connectivity index (χ4v) is 3.31. The second kappa shape index (κ2) is 7.19. The molecule has 7 nitrogen and oxygen atoms in total. The molecule has 1 aliphatic heterocycles. The number of halogens is 3. The highest BCUT2D eigenvalue weighted by atomic mass is 19.4. The van der Waals surface area contributed by atoms with E-state index in [1.54, 1.807) is 28.8 Å². The summed E-state index contributed by atoms with van der Waals surface area (Å²) in [6.07, 6.45) is -2.76. The normalized spacial score (nSPS) is 17.1. The number of carbonyl (C=O) groups is 2. The Kier molecular flexibility index (Phi) is 4.69. The van der Waals surface area contributed by atoms with Gasteiger partial charge in [0, 0.05) is 25.7 Å². The van der Waals surface area contributed by atoms with Crippen LogP contribution < -0.4 is 5.32 Å². The number of benzene rings is 1. The number of pyridine rings is 1. The highest BCUT2D eigenvalue weighted by Gasteiger charge is 2.35. The fourth-order valence-electron chi connectivity index (χ4n) is 3.31. The Labute approximate surface area is 163 Å². The van der Waals surface area contributed by atoms with Crippen molar-refractivity contribution in [2.24, 2.45) is 5.92 Å². The van der Waals surface area contributed by atoms with Crippen molar-refractivity contribution in [2.75, 3.05) is 11.9 Å². The highest BCUT2D eigenvalue weighted by molar-refractivity contribution is 5.96. The molecule has 150 valence electrons. The lowest BCUT2D eigenvalue weighted by molar-refractivity contribution is -0.137. The van der Waals surface area contributed by atoms with Crippen molar-refractivity contribution in [3.63, 3.8) is 0 Å². The Morgan fingerprint density at radius 2 is 2.00 bits per heavy atom. The van der Waals surface area contributed by atoms with Crippen molar-refractivity contribution < 1.29 is 22.8 Å². The Morgan fingerprint density at radius 3 is 2.79 bits per heavy atom. The van der Waals surface area contributed by atoms with Crippen molar-refractivity contribution in [1.29, 1.82) is 0 Å². The molecule has 0 spiro atoms. The topological polar surface area (TPSA) is 79.6 Å². The summed E-state index contributed by atoms with van der Waals surface area (Å²) in [7, 11) is 0. The van der Waals surface area contributed by atoms with E-state index in [2.05, 4.69) is 15.5 Å². The second-order valence-corrected chi connectivity index (χ2v) is 6.82. The molecule has 1 saturated heterocycles. The van der Waals surface area contributed by atoms with Crippen LogP contribution in [0.1, 0.15) is 17.5 Å². The maximum atomic E-state index is 12.9. The fraction of sp³-hybridized carbons (Fsp3) is 0.263. The lowest BCUT2D eigenvalue weighted by Gasteiger charge is -2.17.